The summed E-state index contributed by atoms with van der Waals surface area (Å²) in [6.45, 7) is 1.79. The summed E-state index contributed by atoms with van der Waals surface area (Å²) < 4.78 is 111. The summed E-state index contributed by atoms with van der Waals surface area (Å²) in [6, 6.07) is 12.5. The largest absolute Gasteiger partial charge is 0.416 e. The van der Waals surface area contributed by atoms with Crippen molar-refractivity contribution in [3.8, 4) is 11.3 Å². The van der Waals surface area contributed by atoms with Crippen molar-refractivity contribution in [1.82, 2.24) is 20.1 Å². The lowest BCUT2D eigenvalue weighted by Gasteiger charge is -2.39. The number of aliphatic hydroxyl groups excluding tert-OH is 1. The molecule has 1 unspecified atom stereocenters. The number of likely N-dealkylation sites (tertiary alicyclic amines) is 2. The molecule has 2 fully saturated rings. The van der Waals surface area contributed by atoms with Gasteiger partial charge in [0.2, 0.25) is 0 Å². The quantitative estimate of drug-likeness (QED) is 0.182. The van der Waals surface area contributed by atoms with Gasteiger partial charge in [0.05, 0.1) is 33.8 Å². The Bertz CT molecular complexity index is 2030. The number of alkyl halides is 6. The highest BCUT2D eigenvalue weighted by atomic mass is 32.2. The number of carbonyl (C=O) groups is 1. The maximum absolute atomic E-state index is 14.6. The molecule has 2 aliphatic heterocycles. The lowest BCUT2D eigenvalue weighted by molar-refractivity contribution is -0.155. The van der Waals surface area contributed by atoms with E-state index < -0.39 is 39.7 Å². The Morgan fingerprint density at radius 2 is 1.65 bits per heavy atom. The van der Waals surface area contributed by atoms with Crippen molar-refractivity contribution in [3.63, 3.8) is 0 Å². The second kappa shape index (κ2) is 14.8. The topological polar surface area (TPSA) is 103 Å². The highest BCUT2D eigenvalue weighted by Gasteiger charge is 2.43. The summed E-state index contributed by atoms with van der Waals surface area (Å²) in [5.74, 6) is -1.19. The number of carbonyl (C=O) groups excluding carboxylic acids is 1. The number of nitrogens with one attached hydrogen (secondary N) is 1. The van der Waals surface area contributed by atoms with Crippen molar-refractivity contribution in [3.05, 3.63) is 95.1 Å². The predicted molar refractivity (Wildman–Crippen MR) is 183 cm³/mol. The van der Waals surface area contributed by atoms with Crippen molar-refractivity contribution in [1.29, 1.82) is 0 Å². The third-order valence-electron chi connectivity index (χ3n) is 9.95. The number of rotatable bonds is 9. The van der Waals surface area contributed by atoms with E-state index in [0.29, 0.717) is 25.9 Å². The third kappa shape index (κ3) is 8.12. The van der Waals surface area contributed by atoms with Crippen LogP contribution in [0.3, 0.4) is 0 Å². The molecular formula is C37H38F6N4O4S. The van der Waals surface area contributed by atoms with Crippen LogP contribution < -0.4 is 5.32 Å². The summed E-state index contributed by atoms with van der Waals surface area (Å²) in [6.07, 6.45) is -5.51. The third-order valence-corrected chi connectivity index (χ3v) is 11.1. The van der Waals surface area contributed by atoms with Crippen LogP contribution in [0, 0.1) is 0 Å². The molecule has 15 heteroatoms. The number of amides is 1. The number of hydrogen-bond acceptors (Lipinski definition) is 7. The van der Waals surface area contributed by atoms with Crippen LogP contribution >= 0.6 is 0 Å². The Morgan fingerprint density at radius 3 is 2.29 bits per heavy atom. The zero-order chi connectivity index (χ0) is 37.4. The first-order valence-corrected chi connectivity index (χ1v) is 18.8. The minimum atomic E-state index is -4.94. The first kappa shape index (κ1) is 37.7. The fourth-order valence-electron chi connectivity index (χ4n) is 7.38. The van der Waals surface area contributed by atoms with Gasteiger partial charge in [-0.2, -0.15) is 26.3 Å². The number of hydrogen-bond donors (Lipinski definition) is 2. The van der Waals surface area contributed by atoms with Crippen LogP contribution in [-0.2, 0) is 22.6 Å². The average molecular weight is 749 g/mol. The molecule has 6 rings (SSSR count). The number of benzene rings is 3. The standard InChI is InChI=1S/C37H38F6N4O4S/c1-52(50,51)28-12-13-31-29(20-28)32(35(49)45-34(37(41,42)43)23-7-3-2-4-8-23)30(33(44-31)24-9-5-10-25(19-24)36(38,39)40)21-46-17-14-26(15-18-46)47-16-6-11-27(47)22-48/h2-5,7-10,12-13,19-20,26-27,34,48H,6,11,14-18,21-22H2,1H3,(H,45,49)/t27-,34?/m1/s1. The van der Waals surface area contributed by atoms with Gasteiger partial charge in [0.25, 0.3) is 5.91 Å². The van der Waals surface area contributed by atoms with Crippen LogP contribution in [0.25, 0.3) is 22.2 Å². The van der Waals surface area contributed by atoms with Crippen LogP contribution in [0.5, 0.6) is 0 Å². The smallest absolute Gasteiger partial charge is 0.395 e. The highest BCUT2D eigenvalue weighted by molar-refractivity contribution is 7.90. The number of halogens is 6. The monoisotopic (exact) mass is 748 g/mol. The predicted octanol–water partition coefficient (Wildman–Crippen LogP) is 6.78. The number of fused-ring (bicyclic) bond motifs is 1. The molecule has 3 aromatic carbocycles. The van der Waals surface area contributed by atoms with Gasteiger partial charge in [-0.05, 0) is 81.2 Å². The second-order valence-electron chi connectivity index (χ2n) is 13.4. The SMILES string of the molecule is CS(=O)(=O)c1ccc2nc(-c3cccc(C(F)(F)F)c3)c(CN3CCC(N4CCC[C@@H]4CO)CC3)c(C(=O)NC(c3ccccc3)C(F)(F)F)c2c1. The highest BCUT2D eigenvalue weighted by Crippen LogP contribution is 2.38. The molecule has 0 radical (unpaired) electrons. The molecule has 2 N–H and O–H groups in total. The maximum Gasteiger partial charge on any atom is 0.416 e. The van der Waals surface area contributed by atoms with Crippen LogP contribution in [0.15, 0.2) is 77.7 Å². The molecule has 1 aromatic heterocycles. The summed E-state index contributed by atoms with van der Waals surface area (Å²) >= 11 is 0. The van der Waals surface area contributed by atoms with E-state index in [2.05, 4.69) is 15.2 Å². The molecule has 52 heavy (non-hydrogen) atoms. The number of nitrogens with zero attached hydrogens (tertiary/aromatic N) is 3. The Hall–Kier alpha value is -4.05. The fourth-order valence-corrected chi connectivity index (χ4v) is 8.02. The molecule has 0 bridgehead atoms. The van der Waals surface area contributed by atoms with Crippen LogP contribution in [0.1, 0.15) is 58.8 Å². The zero-order valence-electron chi connectivity index (χ0n) is 28.2. The van der Waals surface area contributed by atoms with E-state index in [0.717, 1.165) is 37.8 Å². The minimum absolute atomic E-state index is 0.0128. The number of aromatic nitrogens is 1. The van der Waals surface area contributed by atoms with Crippen LogP contribution in [0.2, 0.25) is 0 Å². The maximum atomic E-state index is 14.6. The summed E-state index contributed by atoms with van der Waals surface area (Å²) in [5.41, 5.74) is -1.51. The molecule has 8 nitrogen and oxygen atoms in total. The van der Waals surface area contributed by atoms with Gasteiger partial charge in [-0.3, -0.25) is 14.6 Å². The zero-order valence-corrected chi connectivity index (χ0v) is 29.0. The molecule has 2 aliphatic rings. The number of piperidine rings is 1. The molecule has 0 spiro atoms. The van der Waals surface area contributed by atoms with Crippen molar-refractivity contribution in [2.45, 2.75) is 67.6 Å². The van der Waals surface area contributed by atoms with E-state index in [4.69, 9.17) is 0 Å². The Morgan fingerprint density at radius 1 is 0.942 bits per heavy atom. The molecule has 2 atom stereocenters. The van der Waals surface area contributed by atoms with Gasteiger partial charge in [-0.15, -0.1) is 0 Å². The van der Waals surface area contributed by atoms with Crippen molar-refractivity contribution in [2.24, 2.45) is 0 Å². The van der Waals surface area contributed by atoms with E-state index >= 15 is 0 Å². The molecule has 278 valence electrons. The van der Waals surface area contributed by atoms with Crippen LogP contribution in [0.4, 0.5) is 26.3 Å². The Balaban J connectivity index is 1.52. The van der Waals surface area contributed by atoms with Crippen molar-refractivity contribution < 1.29 is 44.7 Å². The summed E-state index contributed by atoms with van der Waals surface area (Å²) in [7, 11) is -3.87. The van der Waals surface area contributed by atoms with Gasteiger partial charge in [0.15, 0.2) is 15.9 Å². The molecule has 0 saturated carbocycles. The van der Waals surface area contributed by atoms with Crippen molar-refractivity contribution in [2.75, 3.05) is 32.5 Å². The summed E-state index contributed by atoms with van der Waals surface area (Å²) in [4.78, 5) is 23.1. The first-order valence-electron chi connectivity index (χ1n) is 16.9. The van der Waals surface area contributed by atoms with E-state index in [1.54, 1.807) is 0 Å². The molecular weight excluding hydrogens is 710 g/mol. The van der Waals surface area contributed by atoms with Gasteiger partial charge in [0, 0.05) is 41.4 Å². The normalized spacial score (nSPS) is 18.9. The van der Waals surface area contributed by atoms with Gasteiger partial charge < -0.3 is 10.4 Å². The molecule has 3 heterocycles. The fraction of sp³-hybridized carbons (Fsp3) is 0.405. The lowest BCUT2D eigenvalue weighted by Crippen LogP contribution is -2.47. The molecule has 1 amide bonds. The van der Waals surface area contributed by atoms with Gasteiger partial charge in [-0.25, -0.2) is 13.4 Å². The van der Waals surface area contributed by atoms with Gasteiger partial charge >= 0.3 is 12.4 Å². The van der Waals surface area contributed by atoms with E-state index in [-0.39, 0.29) is 69.0 Å². The molecule has 2 saturated heterocycles. The van der Waals surface area contributed by atoms with Crippen molar-refractivity contribution >= 4 is 26.6 Å². The van der Waals surface area contributed by atoms with Crippen LogP contribution in [-0.4, -0.2) is 85.0 Å². The van der Waals surface area contributed by atoms with Gasteiger partial charge in [-0.1, -0.05) is 42.5 Å². The molecule has 4 aromatic rings. The van der Waals surface area contributed by atoms with E-state index in [1.165, 1.54) is 60.7 Å². The Kier molecular flexibility index (Phi) is 10.7. The van der Waals surface area contributed by atoms with Gasteiger partial charge in [0.1, 0.15) is 0 Å². The second-order valence-corrected chi connectivity index (χ2v) is 15.4. The minimum Gasteiger partial charge on any atom is -0.395 e. The Labute approximate surface area is 297 Å². The average Bonchev–Trinajstić information content (AvgIpc) is 3.58. The number of aliphatic hydroxyl groups is 1. The first-order chi connectivity index (χ1) is 24.5. The number of pyridine rings is 1. The van der Waals surface area contributed by atoms with E-state index in [1.807, 2.05) is 4.90 Å². The number of sulfone groups is 1. The lowest BCUT2D eigenvalue weighted by atomic mass is 9.93. The molecule has 0 aliphatic carbocycles. The van der Waals surface area contributed by atoms with E-state index in [9.17, 15) is 44.7 Å². The summed E-state index contributed by atoms with van der Waals surface area (Å²) in [5, 5.41) is 11.9.